The highest BCUT2D eigenvalue weighted by Crippen LogP contribution is 2.23. The van der Waals surface area contributed by atoms with Gasteiger partial charge in [0.15, 0.2) is 10.8 Å². The number of carbonyl (C=O) groups is 1. The Morgan fingerprint density at radius 1 is 1.11 bits per heavy atom. The molecule has 0 radical (unpaired) electrons. The number of fused-ring (bicyclic) bond motifs is 1. The van der Waals surface area contributed by atoms with Gasteiger partial charge in [0, 0.05) is 17.2 Å². The molecule has 0 amide bonds. The molecule has 0 N–H and O–H groups in total. The van der Waals surface area contributed by atoms with E-state index in [9.17, 15) is 4.79 Å². The molecule has 0 atom stereocenters. The predicted molar refractivity (Wildman–Crippen MR) is 77.5 cm³/mol. The summed E-state index contributed by atoms with van der Waals surface area (Å²) >= 11 is 1.38. The number of pyridine rings is 1. The summed E-state index contributed by atoms with van der Waals surface area (Å²) in [5.41, 5.74) is 2.52. The van der Waals surface area contributed by atoms with E-state index in [4.69, 9.17) is 0 Å². The molecule has 0 aliphatic carbocycles. The number of hydrogen-bond acceptors (Lipinski definition) is 4. The molecular weight excluding hydrogens is 256 g/mol. The minimum absolute atomic E-state index is 0.0806. The number of thiazole rings is 1. The van der Waals surface area contributed by atoms with E-state index in [-0.39, 0.29) is 5.78 Å². The Labute approximate surface area is 115 Å². The molecule has 3 rings (SSSR count). The van der Waals surface area contributed by atoms with Crippen LogP contribution >= 0.6 is 11.3 Å². The zero-order chi connectivity index (χ0) is 13.2. The number of hydrogen-bond donors (Lipinski definition) is 0. The Balaban J connectivity index is 2.04. The Bertz CT molecular complexity index is 748. The summed E-state index contributed by atoms with van der Waals surface area (Å²) in [4.78, 5) is 20.5. The first-order valence-corrected chi connectivity index (χ1v) is 7.01. The molecule has 0 aliphatic rings. The van der Waals surface area contributed by atoms with Crippen LogP contribution in [0.15, 0.2) is 41.8 Å². The first-order valence-electron chi connectivity index (χ1n) is 6.13. The van der Waals surface area contributed by atoms with Crippen LogP contribution in [0.3, 0.4) is 0 Å². The van der Waals surface area contributed by atoms with Gasteiger partial charge >= 0.3 is 0 Å². The van der Waals surface area contributed by atoms with Crippen molar-refractivity contribution in [3.05, 3.63) is 46.8 Å². The molecule has 2 aromatic heterocycles. The number of aromatic nitrogens is 2. The standard InChI is InChI=1S/C15H12N2OS/c1-2-14(18)15-17-13(9-19-15)12-8-7-10-5-3-4-6-11(10)16-12/h3-9H,2H2,1H3. The number of nitrogens with zero attached hydrogens (tertiary/aromatic N) is 2. The SMILES string of the molecule is CCC(=O)c1nc(-c2ccc3ccccc3n2)cs1. The summed E-state index contributed by atoms with van der Waals surface area (Å²) < 4.78 is 0. The van der Waals surface area contributed by atoms with Crippen LogP contribution in [-0.2, 0) is 0 Å². The second-order valence-corrected chi connectivity index (χ2v) is 5.06. The molecule has 0 spiro atoms. The monoisotopic (exact) mass is 268 g/mol. The Morgan fingerprint density at radius 3 is 2.79 bits per heavy atom. The zero-order valence-corrected chi connectivity index (χ0v) is 11.3. The number of rotatable bonds is 3. The molecule has 0 fully saturated rings. The summed E-state index contributed by atoms with van der Waals surface area (Å²) in [7, 11) is 0. The molecule has 0 saturated carbocycles. The lowest BCUT2D eigenvalue weighted by Gasteiger charge is -1.99. The van der Waals surface area contributed by atoms with E-state index in [1.54, 1.807) is 0 Å². The minimum Gasteiger partial charge on any atom is -0.292 e. The van der Waals surface area contributed by atoms with E-state index in [0.29, 0.717) is 11.4 Å². The van der Waals surface area contributed by atoms with Crippen molar-refractivity contribution in [2.45, 2.75) is 13.3 Å². The maximum absolute atomic E-state index is 11.6. The van der Waals surface area contributed by atoms with Crippen LogP contribution in [0.2, 0.25) is 0 Å². The summed E-state index contributed by atoms with van der Waals surface area (Å²) in [6.07, 6.45) is 0.484. The normalized spacial score (nSPS) is 10.8. The van der Waals surface area contributed by atoms with Gasteiger partial charge in [0.05, 0.1) is 11.2 Å². The van der Waals surface area contributed by atoms with Crippen LogP contribution in [0.4, 0.5) is 0 Å². The van der Waals surface area contributed by atoms with Crippen molar-refractivity contribution in [3.63, 3.8) is 0 Å². The Kier molecular flexibility index (Phi) is 3.09. The van der Waals surface area contributed by atoms with Crippen LogP contribution in [0.1, 0.15) is 23.1 Å². The zero-order valence-electron chi connectivity index (χ0n) is 10.5. The lowest BCUT2D eigenvalue weighted by molar-refractivity contribution is 0.0988. The van der Waals surface area contributed by atoms with Gasteiger partial charge in [0.25, 0.3) is 0 Å². The average Bonchev–Trinajstić information content (AvgIpc) is 2.95. The van der Waals surface area contributed by atoms with Crippen LogP contribution in [0.5, 0.6) is 0 Å². The fourth-order valence-electron chi connectivity index (χ4n) is 1.88. The van der Waals surface area contributed by atoms with Crippen LogP contribution in [0, 0.1) is 0 Å². The number of Topliss-reactive ketones (excluding diaryl/α,β-unsaturated/α-hetero) is 1. The molecular formula is C15H12N2OS. The average molecular weight is 268 g/mol. The van der Waals surface area contributed by atoms with Crippen molar-refractivity contribution >= 4 is 28.0 Å². The quantitative estimate of drug-likeness (QED) is 0.675. The van der Waals surface area contributed by atoms with Gasteiger partial charge in [-0.05, 0) is 12.1 Å². The molecule has 0 bridgehead atoms. The first kappa shape index (κ1) is 12.0. The highest BCUT2D eigenvalue weighted by molar-refractivity contribution is 7.12. The second-order valence-electron chi connectivity index (χ2n) is 4.20. The molecule has 0 saturated heterocycles. The van der Waals surface area contributed by atoms with Gasteiger partial charge in [0.1, 0.15) is 5.69 Å². The van der Waals surface area contributed by atoms with Crippen LogP contribution in [0.25, 0.3) is 22.3 Å². The van der Waals surface area contributed by atoms with Gasteiger partial charge in [-0.1, -0.05) is 31.2 Å². The molecule has 3 nitrogen and oxygen atoms in total. The van der Waals surface area contributed by atoms with E-state index in [1.165, 1.54) is 11.3 Å². The van der Waals surface area contributed by atoms with Crippen molar-refractivity contribution < 1.29 is 4.79 Å². The van der Waals surface area contributed by atoms with E-state index < -0.39 is 0 Å². The minimum atomic E-state index is 0.0806. The largest absolute Gasteiger partial charge is 0.292 e. The summed E-state index contributed by atoms with van der Waals surface area (Å²) in [6, 6.07) is 11.9. The lowest BCUT2D eigenvalue weighted by Crippen LogP contribution is -1.95. The number of para-hydroxylation sites is 1. The smallest absolute Gasteiger partial charge is 0.191 e. The number of carbonyl (C=O) groups excluding carboxylic acids is 1. The lowest BCUT2D eigenvalue weighted by atomic mass is 10.2. The van der Waals surface area contributed by atoms with Gasteiger partial charge in [-0.25, -0.2) is 9.97 Å². The number of benzene rings is 1. The molecule has 0 aliphatic heterocycles. The molecule has 1 aromatic carbocycles. The summed E-state index contributed by atoms with van der Waals surface area (Å²) in [5.74, 6) is 0.0806. The number of ketones is 1. The molecule has 3 aromatic rings. The van der Waals surface area contributed by atoms with Crippen LogP contribution in [-0.4, -0.2) is 15.8 Å². The Morgan fingerprint density at radius 2 is 1.95 bits per heavy atom. The third-order valence-corrected chi connectivity index (χ3v) is 3.81. The van der Waals surface area contributed by atoms with E-state index in [0.717, 1.165) is 22.3 Å². The van der Waals surface area contributed by atoms with Crippen molar-refractivity contribution in [3.8, 4) is 11.4 Å². The van der Waals surface area contributed by atoms with E-state index >= 15 is 0 Å². The third-order valence-electron chi connectivity index (χ3n) is 2.92. The van der Waals surface area contributed by atoms with E-state index in [2.05, 4.69) is 9.97 Å². The first-order chi connectivity index (χ1) is 9.28. The summed E-state index contributed by atoms with van der Waals surface area (Å²) in [5, 5.41) is 3.55. The van der Waals surface area contributed by atoms with Crippen molar-refractivity contribution in [2.24, 2.45) is 0 Å². The maximum atomic E-state index is 11.6. The van der Waals surface area contributed by atoms with Crippen LogP contribution < -0.4 is 0 Å². The predicted octanol–water partition coefficient (Wildman–Crippen LogP) is 3.95. The maximum Gasteiger partial charge on any atom is 0.191 e. The highest BCUT2D eigenvalue weighted by atomic mass is 32.1. The van der Waals surface area contributed by atoms with Gasteiger partial charge in [-0.3, -0.25) is 4.79 Å². The molecule has 19 heavy (non-hydrogen) atoms. The topological polar surface area (TPSA) is 42.9 Å². The second kappa shape index (κ2) is 4.90. The fourth-order valence-corrected chi connectivity index (χ4v) is 2.70. The highest BCUT2D eigenvalue weighted by Gasteiger charge is 2.11. The van der Waals surface area contributed by atoms with Crippen molar-refractivity contribution in [1.82, 2.24) is 9.97 Å². The van der Waals surface area contributed by atoms with Gasteiger partial charge < -0.3 is 0 Å². The fraction of sp³-hybridized carbons (Fsp3) is 0.133. The van der Waals surface area contributed by atoms with Gasteiger partial charge in [-0.2, -0.15) is 0 Å². The Hall–Kier alpha value is -2.07. The summed E-state index contributed by atoms with van der Waals surface area (Å²) in [6.45, 7) is 1.84. The molecule has 2 heterocycles. The third kappa shape index (κ3) is 2.27. The van der Waals surface area contributed by atoms with Crippen molar-refractivity contribution in [1.29, 1.82) is 0 Å². The molecule has 4 heteroatoms. The van der Waals surface area contributed by atoms with Gasteiger partial charge in [0.2, 0.25) is 0 Å². The van der Waals surface area contributed by atoms with Gasteiger partial charge in [-0.15, -0.1) is 11.3 Å². The molecule has 0 unspecified atom stereocenters. The molecule has 94 valence electrons. The van der Waals surface area contributed by atoms with Crippen molar-refractivity contribution in [2.75, 3.05) is 0 Å². The van der Waals surface area contributed by atoms with E-state index in [1.807, 2.05) is 48.7 Å².